The molecule has 0 aromatic heterocycles. The van der Waals surface area contributed by atoms with E-state index in [0.717, 1.165) is 13.0 Å². The first-order valence-corrected chi connectivity index (χ1v) is 8.50. The summed E-state index contributed by atoms with van der Waals surface area (Å²) < 4.78 is 5.59. The molecule has 0 bridgehead atoms. The summed E-state index contributed by atoms with van der Waals surface area (Å²) in [7, 11) is 1.81. The highest BCUT2D eigenvalue weighted by Gasteiger charge is 2.37. The van der Waals surface area contributed by atoms with Crippen LogP contribution in [0.2, 0.25) is 0 Å². The zero-order chi connectivity index (χ0) is 14.6. The first-order valence-electron chi connectivity index (χ1n) is 8.50. The minimum atomic E-state index is -0.0655. The first-order chi connectivity index (χ1) is 9.50. The normalized spacial score (nSPS) is 25.8. The molecule has 1 heterocycles. The van der Waals surface area contributed by atoms with Crippen molar-refractivity contribution in [1.82, 2.24) is 4.90 Å². The molecule has 2 fully saturated rings. The summed E-state index contributed by atoms with van der Waals surface area (Å²) in [5.74, 6) is 0. The lowest BCUT2D eigenvalue weighted by atomic mass is 9.68. The molecule has 2 aliphatic rings. The Morgan fingerprint density at radius 1 is 1.10 bits per heavy atom. The van der Waals surface area contributed by atoms with Gasteiger partial charge < -0.3 is 10.5 Å². The summed E-state index contributed by atoms with van der Waals surface area (Å²) in [5, 5.41) is 0. The van der Waals surface area contributed by atoms with Gasteiger partial charge in [-0.05, 0) is 64.5 Å². The molecule has 3 nitrogen and oxygen atoms in total. The number of methoxy groups -OCH3 is 1. The molecule has 20 heavy (non-hydrogen) atoms. The fourth-order valence-electron chi connectivity index (χ4n) is 4.18. The molecular formula is C17H34N2O. The Morgan fingerprint density at radius 2 is 1.70 bits per heavy atom. The van der Waals surface area contributed by atoms with Crippen LogP contribution in [0, 0.1) is 5.41 Å². The van der Waals surface area contributed by atoms with Crippen LogP contribution in [0.1, 0.15) is 65.2 Å². The van der Waals surface area contributed by atoms with Gasteiger partial charge in [-0.3, -0.25) is 4.90 Å². The van der Waals surface area contributed by atoms with Crippen molar-refractivity contribution in [3.05, 3.63) is 0 Å². The summed E-state index contributed by atoms with van der Waals surface area (Å²) in [6.07, 6.45) is 11.1. The van der Waals surface area contributed by atoms with Crippen LogP contribution in [0.15, 0.2) is 0 Å². The van der Waals surface area contributed by atoms with Crippen molar-refractivity contribution in [2.75, 3.05) is 26.7 Å². The lowest BCUT2D eigenvalue weighted by Crippen LogP contribution is -2.50. The van der Waals surface area contributed by atoms with E-state index in [2.05, 4.69) is 18.7 Å². The highest BCUT2D eigenvalue weighted by atomic mass is 16.5. The number of nitrogens with zero attached hydrogens (tertiary/aromatic N) is 1. The first kappa shape index (κ1) is 16.3. The van der Waals surface area contributed by atoms with Crippen LogP contribution in [0.25, 0.3) is 0 Å². The second kappa shape index (κ2) is 6.76. The molecule has 3 heteroatoms. The summed E-state index contributed by atoms with van der Waals surface area (Å²) >= 11 is 0. The number of ether oxygens (including phenoxy) is 1. The van der Waals surface area contributed by atoms with Gasteiger partial charge in [-0.15, -0.1) is 0 Å². The van der Waals surface area contributed by atoms with E-state index in [0.29, 0.717) is 11.5 Å². The van der Waals surface area contributed by atoms with Crippen molar-refractivity contribution >= 4 is 0 Å². The van der Waals surface area contributed by atoms with Crippen molar-refractivity contribution in [2.24, 2.45) is 11.1 Å². The largest absolute Gasteiger partial charge is 0.379 e. The minimum Gasteiger partial charge on any atom is -0.379 e. The molecule has 0 amide bonds. The van der Waals surface area contributed by atoms with Crippen molar-refractivity contribution in [2.45, 2.75) is 76.9 Å². The molecule has 118 valence electrons. The third-order valence-electron chi connectivity index (χ3n) is 5.84. The highest BCUT2D eigenvalue weighted by Crippen LogP contribution is 2.44. The lowest BCUT2D eigenvalue weighted by Gasteiger charge is -2.47. The zero-order valence-corrected chi connectivity index (χ0v) is 13.8. The van der Waals surface area contributed by atoms with Crippen LogP contribution in [-0.2, 0) is 4.74 Å². The smallest absolute Gasteiger partial charge is 0.0638 e. The minimum absolute atomic E-state index is 0.0655. The second-order valence-corrected chi connectivity index (χ2v) is 7.65. The fraction of sp³-hybridized carbons (Fsp3) is 1.00. The molecule has 1 aliphatic heterocycles. The van der Waals surface area contributed by atoms with Crippen LogP contribution in [-0.4, -0.2) is 43.3 Å². The molecule has 2 N–H and O–H groups in total. The monoisotopic (exact) mass is 282 g/mol. The van der Waals surface area contributed by atoms with Gasteiger partial charge in [0.15, 0.2) is 0 Å². The van der Waals surface area contributed by atoms with E-state index in [4.69, 9.17) is 10.5 Å². The standard InChI is InChI=1S/C17H34N2O/c1-16(2,20-3)13-15(14-18)19-11-9-17(10-12-19)7-5-4-6-8-17/h15H,4-14,18H2,1-3H3. The summed E-state index contributed by atoms with van der Waals surface area (Å²) in [4.78, 5) is 2.63. The predicted octanol–water partition coefficient (Wildman–Crippen LogP) is 3.18. The van der Waals surface area contributed by atoms with Gasteiger partial charge in [0, 0.05) is 19.7 Å². The van der Waals surface area contributed by atoms with E-state index in [1.807, 2.05) is 0 Å². The molecule has 1 atom stereocenters. The van der Waals surface area contributed by atoms with Gasteiger partial charge >= 0.3 is 0 Å². The number of hydrogen-bond acceptors (Lipinski definition) is 3. The highest BCUT2D eigenvalue weighted by molar-refractivity contribution is 4.91. The van der Waals surface area contributed by atoms with E-state index in [1.165, 1.54) is 58.0 Å². The van der Waals surface area contributed by atoms with Gasteiger partial charge in [-0.1, -0.05) is 19.3 Å². The maximum atomic E-state index is 6.04. The van der Waals surface area contributed by atoms with Gasteiger partial charge in [0.1, 0.15) is 0 Å². The Balaban J connectivity index is 1.87. The fourth-order valence-corrected chi connectivity index (χ4v) is 4.18. The molecule has 0 radical (unpaired) electrons. The topological polar surface area (TPSA) is 38.5 Å². The number of likely N-dealkylation sites (tertiary alicyclic amines) is 1. The van der Waals surface area contributed by atoms with E-state index < -0.39 is 0 Å². The van der Waals surface area contributed by atoms with Gasteiger partial charge in [-0.25, -0.2) is 0 Å². The summed E-state index contributed by atoms with van der Waals surface area (Å²) in [6.45, 7) is 7.56. The van der Waals surface area contributed by atoms with E-state index in [9.17, 15) is 0 Å². The second-order valence-electron chi connectivity index (χ2n) is 7.65. The molecular weight excluding hydrogens is 248 g/mol. The van der Waals surface area contributed by atoms with Gasteiger partial charge in [-0.2, -0.15) is 0 Å². The zero-order valence-electron chi connectivity index (χ0n) is 13.8. The SMILES string of the molecule is COC(C)(C)CC(CN)N1CCC2(CCCCC2)CC1. The van der Waals surface area contributed by atoms with E-state index in [1.54, 1.807) is 7.11 Å². The quantitative estimate of drug-likeness (QED) is 0.841. The Morgan fingerprint density at radius 3 is 2.20 bits per heavy atom. The number of rotatable bonds is 5. The van der Waals surface area contributed by atoms with Crippen LogP contribution >= 0.6 is 0 Å². The van der Waals surface area contributed by atoms with E-state index in [-0.39, 0.29) is 5.60 Å². The molecule has 0 aromatic rings. The third-order valence-corrected chi connectivity index (χ3v) is 5.84. The van der Waals surface area contributed by atoms with Crippen LogP contribution in [0.5, 0.6) is 0 Å². The molecule has 1 aliphatic carbocycles. The van der Waals surface area contributed by atoms with Crippen molar-refractivity contribution in [1.29, 1.82) is 0 Å². The maximum Gasteiger partial charge on any atom is 0.0638 e. The average Bonchev–Trinajstić information content (AvgIpc) is 2.47. The van der Waals surface area contributed by atoms with E-state index >= 15 is 0 Å². The molecule has 0 aromatic carbocycles. The maximum absolute atomic E-state index is 6.04. The van der Waals surface area contributed by atoms with Gasteiger partial charge in [0.2, 0.25) is 0 Å². The third kappa shape index (κ3) is 3.96. The van der Waals surface area contributed by atoms with Crippen LogP contribution in [0.4, 0.5) is 0 Å². The van der Waals surface area contributed by atoms with Gasteiger partial charge in [0.05, 0.1) is 5.60 Å². The Kier molecular flexibility index (Phi) is 5.49. The number of piperidine rings is 1. The Bertz CT molecular complexity index is 287. The Hall–Kier alpha value is -0.120. The number of nitrogens with two attached hydrogens (primary N) is 1. The average molecular weight is 282 g/mol. The summed E-state index contributed by atoms with van der Waals surface area (Å²) in [5.41, 5.74) is 6.66. The molecule has 1 unspecified atom stereocenters. The van der Waals surface area contributed by atoms with Crippen molar-refractivity contribution in [3.8, 4) is 0 Å². The van der Waals surface area contributed by atoms with Crippen LogP contribution in [0.3, 0.4) is 0 Å². The molecule has 1 saturated heterocycles. The molecule has 1 saturated carbocycles. The Labute approximate surface area is 125 Å². The lowest BCUT2D eigenvalue weighted by molar-refractivity contribution is -0.0215. The molecule has 1 spiro atoms. The number of hydrogen-bond donors (Lipinski definition) is 1. The van der Waals surface area contributed by atoms with Crippen LogP contribution < -0.4 is 5.73 Å². The summed E-state index contributed by atoms with van der Waals surface area (Å²) in [6, 6.07) is 0.478. The van der Waals surface area contributed by atoms with Gasteiger partial charge in [0.25, 0.3) is 0 Å². The molecule has 2 rings (SSSR count). The van der Waals surface area contributed by atoms with Crippen molar-refractivity contribution < 1.29 is 4.74 Å². The predicted molar refractivity (Wildman–Crippen MR) is 84.9 cm³/mol. The van der Waals surface area contributed by atoms with Crippen molar-refractivity contribution in [3.63, 3.8) is 0 Å².